The number of hydrogen-bond donors (Lipinski definition) is 0. The number of hydrogen-bond acceptors (Lipinski definition) is 3. The van der Waals surface area contributed by atoms with E-state index in [1.54, 1.807) is 19.3 Å². The van der Waals surface area contributed by atoms with Gasteiger partial charge in [-0.15, -0.1) is 0 Å². The minimum absolute atomic E-state index is 0.415. The molecule has 0 N–H and O–H groups in total. The van der Waals surface area contributed by atoms with Crippen molar-refractivity contribution in [1.82, 2.24) is 0 Å². The number of aryl methyl sites for hydroxylation is 1. The molecule has 20 heavy (non-hydrogen) atoms. The summed E-state index contributed by atoms with van der Waals surface area (Å²) in [5.41, 5.74) is 1.88. The molecule has 2 aromatic rings. The fraction of sp³-hybridized carbons (Fsp3) is 0.118. The maximum absolute atomic E-state index is 11.7. The highest BCUT2D eigenvalue weighted by molar-refractivity contribution is 5.89. The van der Waals surface area contributed by atoms with Crippen LogP contribution in [0.3, 0.4) is 0 Å². The van der Waals surface area contributed by atoms with Crippen molar-refractivity contribution in [2.45, 2.75) is 6.92 Å². The van der Waals surface area contributed by atoms with Crippen molar-refractivity contribution >= 4 is 12.0 Å². The second-order valence-corrected chi connectivity index (χ2v) is 4.31. The fourth-order valence-corrected chi connectivity index (χ4v) is 1.79. The molecule has 3 nitrogen and oxygen atoms in total. The summed E-state index contributed by atoms with van der Waals surface area (Å²) in [5.74, 6) is 0.841. The van der Waals surface area contributed by atoms with E-state index in [0.717, 1.165) is 11.1 Å². The van der Waals surface area contributed by atoms with Crippen molar-refractivity contribution < 1.29 is 14.3 Å². The predicted molar refractivity (Wildman–Crippen MR) is 78.8 cm³/mol. The first-order chi connectivity index (χ1) is 9.69. The molecule has 0 radical (unpaired) electrons. The van der Waals surface area contributed by atoms with Crippen LogP contribution >= 0.6 is 0 Å². The Hall–Kier alpha value is -2.55. The third-order valence-corrected chi connectivity index (χ3v) is 2.75. The van der Waals surface area contributed by atoms with Crippen molar-refractivity contribution in [3.63, 3.8) is 0 Å². The third-order valence-electron chi connectivity index (χ3n) is 2.75. The molecule has 0 saturated carbocycles. The van der Waals surface area contributed by atoms with Crippen LogP contribution in [-0.2, 0) is 4.79 Å². The normalized spacial score (nSPS) is 10.5. The van der Waals surface area contributed by atoms with Crippen LogP contribution in [0.2, 0.25) is 0 Å². The Bertz CT molecular complexity index is 630. The average Bonchev–Trinajstić information content (AvgIpc) is 2.45. The van der Waals surface area contributed by atoms with Crippen LogP contribution in [0.25, 0.3) is 6.08 Å². The zero-order valence-corrected chi connectivity index (χ0v) is 11.5. The highest BCUT2D eigenvalue weighted by atomic mass is 16.5. The number of methoxy groups -OCH3 is 1. The van der Waals surface area contributed by atoms with Gasteiger partial charge in [-0.25, -0.2) is 4.79 Å². The number of esters is 1. The Labute approximate surface area is 118 Å². The predicted octanol–water partition coefficient (Wildman–Crippen LogP) is 3.62. The lowest BCUT2D eigenvalue weighted by molar-refractivity contribution is -0.128. The van der Waals surface area contributed by atoms with Gasteiger partial charge >= 0.3 is 5.97 Å². The second kappa shape index (κ2) is 6.57. The molecule has 2 rings (SSSR count). The summed E-state index contributed by atoms with van der Waals surface area (Å²) in [4.78, 5) is 11.7. The zero-order chi connectivity index (χ0) is 14.4. The molecule has 0 aliphatic heterocycles. The van der Waals surface area contributed by atoms with Crippen LogP contribution in [0, 0.1) is 6.92 Å². The molecule has 0 fully saturated rings. The standard InChI is InChI=1S/C17H16O3/c1-13-6-5-8-15(12-13)20-17(18)11-10-14-7-3-4-9-16(14)19-2/h3-12H,1-2H3/b11-10+. The van der Waals surface area contributed by atoms with Crippen LogP contribution in [-0.4, -0.2) is 13.1 Å². The van der Waals surface area contributed by atoms with Gasteiger partial charge in [0.05, 0.1) is 7.11 Å². The van der Waals surface area contributed by atoms with E-state index in [2.05, 4.69) is 0 Å². The van der Waals surface area contributed by atoms with Crippen LogP contribution in [0.4, 0.5) is 0 Å². The number of ether oxygens (including phenoxy) is 2. The Morgan fingerprint density at radius 2 is 1.90 bits per heavy atom. The lowest BCUT2D eigenvalue weighted by atomic mass is 10.2. The largest absolute Gasteiger partial charge is 0.496 e. The van der Waals surface area contributed by atoms with Crippen molar-refractivity contribution in [3.05, 3.63) is 65.7 Å². The molecule has 0 heterocycles. The smallest absolute Gasteiger partial charge is 0.336 e. The number of para-hydroxylation sites is 1. The van der Waals surface area contributed by atoms with Crippen molar-refractivity contribution in [3.8, 4) is 11.5 Å². The van der Waals surface area contributed by atoms with Gasteiger partial charge in [-0.2, -0.15) is 0 Å². The fourth-order valence-electron chi connectivity index (χ4n) is 1.79. The minimum atomic E-state index is -0.415. The van der Waals surface area contributed by atoms with E-state index in [4.69, 9.17) is 9.47 Å². The summed E-state index contributed by atoms with van der Waals surface area (Å²) in [6.07, 6.45) is 3.07. The van der Waals surface area contributed by atoms with Gasteiger partial charge in [0.25, 0.3) is 0 Å². The molecule has 0 bridgehead atoms. The van der Waals surface area contributed by atoms with Crippen LogP contribution in [0.5, 0.6) is 11.5 Å². The number of carbonyl (C=O) groups excluding carboxylic acids is 1. The van der Waals surface area contributed by atoms with Gasteiger partial charge in [-0.3, -0.25) is 0 Å². The van der Waals surface area contributed by atoms with Gasteiger partial charge in [0, 0.05) is 11.6 Å². The topological polar surface area (TPSA) is 35.5 Å². The Kier molecular flexibility index (Phi) is 4.56. The van der Waals surface area contributed by atoms with E-state index in [9.17, 15) is 4.79 Å². The Balaban J connectivity index is 2.06. The van der Waals surface area contributed by atoms with Gasteiger partial charge in [-0.05, 0) is 36.8 Å². The van der Waals surface area contributed by atoms with Gasteiger partial charge in [0.2, 0.25) is 0 Å². The van der Waals surface area contributed by atoms with E-state index in [1.807, 2.05) is 49.4 Å². The molecule has 0 spiro atoms. The van der Waals surface area contributed by atoms with Gasteiger partial charge in [0.15, 0.2) is 0 Å². The van der Waals surface area contributed by atoms with E-state index >= 15 is 0 Å². The molecular weight excluding hydrogens is 252 g/mol. The molecule has 0 aliphatic carbocycles. The molecule has 0 atom stereocenters. The van der Waals surface area contributed by atoms with E-state index < -0.39 is 5.97 Å². The molecular formula is C17H16O3. The van der Waals surface area contributed by atoms with Crippen molar-refractivity contribution in [2.75, 3.05) is 7.11 Å². The zero-order valence-electron chi connectivity index (χ0n) is 11.5. The Morgan fingerprint density at radius 3 is 2.65 bits per heavy atom. The number of carbonyl (C=O) groups is 1. The summed E-state index contributed by atoms with van der Waals surface area (Å²) in [5, 5.41) is 0. The molecule has 0 saturated heterocycles. The molecule has 2 aromatic carbocycles. The highest BCUT2D eigenvalue weighted by Crippen LogP contribution is 2.19. The van der Waals surface area contributed by atoms with Gasteiger partial charge in [0.1, 0.15) is 11.5 Å². The van der Waals surface area contributed by atoms with Crippen molar-refractivity contribution in [2.24, 2.45) is 0 Å². The van der Waals surface area contributed by atoms with Gasteiger partial charge < -0.3 is 9.47 Å². The molecule has 0 aromatic heterocycles. The van der Waals surface area contributed by atoms with E-state index in [0.29, 0.717) is 11.5 Å². The first-order valence-electron chi connectivity index (χ1n) is 6.28. The number of benzene rings is 2. The highest BCUT2D eigenvalue weighted by Gasteiger charge is 2.02. The molecule has 3 heteroatoms. The lowest BCUT2D eigenvalue weighted by Crippen LogP contribution is -2.03. The third kappa shape index (κ3) is 3.72. The summed E-state index contributed by atoms with van der Waals surface area (Å²) in [6.45, 7) is 1.95. The summed E-state index contributed by atoms with van der Waals surface area (Å²) < 4.78 is 10.4. The van der Waals surface area contributed by atoms with Crippen LogP contribution in [0.1, 0.15) is 11.1 Å². The average molecular weight is 268 g/mol. The van der Waals surface area contributed by atoms with Crippen LogP contribution in [0.15, 0.2) is 54.6 Å². The summed E-state index contributed by atoms with van der Waals surface area (Å²) in [6, 6.07) is 14.8. The summed E-state index contributed by atoms with van der Waals surface area (Å²) >= 11 is 0. The molecule has 0 amide bonds. The van der Waals surface area contributed by atoms with E-state index in [1.165, 1.54) is 6.08 Å². The minimum Gasteiger partial charge on any atom is -0.496 e. The quantitative estimate of drug-likeness (QED) is 0.482. The maximum Gasteiger partial charge on any atom is 0.336 e. The first kappa shape index (κ1) is 13.9. The Morgan fingerprint density at radius 1 is 1.10 bits per heavy atom. The summed E-state index contributed by atoms with van der Waals surface area (Å²) in [7, 11) is 1.59. The monoisotopic (exact) mass is 268 g/mol. The number of rotatable bonds is 4. The van der Waals surface area contributed by atoms with Crippen molar-refractivity contribution in [1.29, 1.82) is 0 Å². The maximum atomic E-state index is 11.7. The van der Waals surface area contributed by atoms with Crippen LogP contribution < -0.4 is 9.47 Å². The molecule has 102 valence electrons. The first-order valence-corrected chi connectivity index (χ1v) is 6.28. The van der Waals surface area contributed by atoms with E-state index in [-0.39, 0.29) is 0 Å². The molecule has 0 aliphatic rings. The SMILES string of the molecule is COc1ccccc1/C=C/C(=O)Oc1cccc(C)c1. The van der Waals surface area contributed by atoms with Gasteiger partial charge in [-0.1, -0.05) is 30.3 Å². The molecule has 0 unspecified atom stereocenters. The second-order valence-electron chi connectivity index (χ2n) is 4.31. The lowest BCUT2D eigenvalue weighted by Gasteiger charge is -2.04.